The summed E-state index contributed by atoms with van der Waals surface area (Å²) in [6, 6.07) is 14.8. The number of nitrogens with one attached hydrogen (secondary N) is 2. The summed E-state index contributed by atoms with van der Waals surface area (Å²) in [4.78, 5) is 40.4. The molecule has 0 radical (unpaired) electrons. The number of esters is 1. The minimum atomic E-state index is -0.415. The van der Waals surface area contributed by atoms with Crippen LogP contribution in [0.2, 0.25) is 0 Å². The van der Waals surface area contributed by atoms with Crippen molar-refractivity contribution in [3.63, 3.8) is 0 Å². The van der Waals surface area contributed by atoms with Crippen LogP contribution in [-0.2, 0) is 22.4 Å². The van der Waals surface area contributed by atoms with Gasteiger partial charge in [0, 0.05) is 21.0 Å². The van der Waals surface area contributed by atoms with E-state index in [1.165, 1.54) is 23.1 Å². The molecule has 2 amide bonds. The van der Waals surface area contributed by atoms with Crippen LogP contribution in [0.1, 0.15) is 63.4 Å². The molecule has 1 aromatic heterocycles. The summed E-state index contributed by atoms with van der Waals surface area (Å²) in [5, 5.41) is 6.07. The lowest BCUT2D eigenvalue weighted by Crippen LogP contribution is -2.23. The molecule has 0 bridgehead atoms. The van der Waals surface area contributed by atoms with Crippen LogP contribution in [0.5, 0.6) is 0 Å². The zero-order chi connectivity index (χ0) is 25.7. The number of anilines is 2. The van der Waals surface area contributed by atoms with Crippen LogP contribution in [0, 0.1) is 6.92 Å². The van der Waals surface area contributed by atoms with Crippen LogP contribution in [0.3, 0.4) is 0 Å². The molecule has 0 saturated heterocycles. The Labute approximate surface area is 219 Å². The highest BCUT2D eigenvalue weighted by atomic mass is 32.2. The van der Waals surface area contributed by atoms with Gasteiger partial charge in [0.25, 0.3) is 5.91 Å². The van der Waals surface area contributed by atoms with Crippen LogP contribution in [0.25, 0.3) is 0 Å². The molecule has 0 aliphatic heterocycles. The lowest BCUT2D eigenvalue weighted by molar-refractivity contribution is -0.115. The van der Waals surface area contributed by atoms with E-state index in [0.29, 0.717) is 28.4 Å². The van der Waals surface area contributed by atoms with E-state index >= 15 is 0 Å². The van der Waals surface area contributed by atoms with Gasteiger partial charge < -0.3 is 15.4 Å². The number of ether oxygens (including phenoxy) is 1. The standard InChI is InChI=1S/C28H30N2O4S2/c1-4-34-28(33)24-22-10-5-6-11-23(22)36-27(24)30-25(31)18(3)35-21-9-7-8-20(16-21)29-26(32)19-14-12-17(2)13-15-19/h7-9,12-16,18H,4-6,10-11H2,1-3H3,(H,29,32)(H,30,31). The van der Waals surface area contributed by atoms with E-state index in [4.69, 9.17) is 4.74 Å². The van der Waals surface area contributed by atoms with Gasteiger partial charge in [0.05, 0.1) is 17.4 Å². The average molecular weight is 523 g/mol. The van der Waals surface area contributed by atoms with Crippen molar-refractivity contribution in [2.45, 2.75) is 56.6 Å². The smallest absolute Gasteiger partial charge is 0.341 e. The SMILES string of the molecule is CCOC(=O)c1c(NC(=O)C(C)Sc2cccc(NC(=O)c3ccc(C)cc3)c2)sc2c1CCCC2. The van der Waals surface area contributed by atoms with Crippen molar-refractivity contribution in [2.24, 2.45) is 0 Å². The van der Waals surface area contributed by atoms with E-state index in [-0.39, 0.29) is 17.8 Å². The van der Waals surface area contributed by atoms with Crippen molar-refractivity contribution in [1.82, 2.24) is 0 Å². The zero-order valence-electron chi connectivity index (χ0n) is 20.7. The number of amides is 2. The van der Waals surface area contributed by atoms with Crippen molar-refractivity contribution in [3.8, 4) is 0 Å². The number of fused-ring (bicyclic) bond motifs is 1. The van der Waals surface area contributed by atoms with Gasteiger partial charge in [-0.05, 0) is 82.3 Å². The predicted octanol–water partition coefficient (Wildman–Crippen LogP) is 6.48. The summed E-state index contributed by atoms with van der Waals surface area (Å²) in [6.07, 6.45) is 3.88. The molecular weight excluding hydrogens is 492 g/mol. The Balaban J connectivity index is 1.43. The molecule has 6 nitrogen and oxygen atoms in total. The quantitative estimate of drug-likeness (QED) is 0.261. The number of rotatable bonds is 8. The van der Waals surface area contributed by atoms with Gasteiger partial charge in [0.15, 0.2) is 0 Å². The monoisotopic (exact) mass is 522 g/mol. The molecule has 1 aliphatic rings. The van der Waals surface area contributed by atoms with Gasteiger partial charge in [0.2, 0.25) is 5.91 Å². The number of hydrogen-bond donors (Lipinski definition) is 2. The lowest BCUT2D eigenvalue weighted by atomic mass is 9.95. The molecule has 2 aromatic carbocycles. The topological polar surface area (TPSA) is 84.5 Å². The molecule has 36 heavy (non-hydrogen) atoms. The number of benzene rings is 2. The summed E-state index contributed by atoms with van der Waals surface area (Å²) in [7, 11) is 0. The van der Waals surface area contributed by atoms with Gasteiger partial charge >= 0.3 is 5.97 Å². The molecule has 1 aliphatic carbocycles. The number of thiophene rings is 1. The third-order valence-corrected chi connectivity index (χ3v) is 8.28. The fraction of sp³-hybridized carbons (Fsp3) is 0.321. The summed E-state index contributed by atoms with van der Waals surface area (Å²) < 4.78 is 5.29. The molecule has 188 valence electrons. The molecule has 8 heteroatoms. The summed E-state index contributed by atoms with van der Waals surface area (Å²) in [5.41, 5.74) is 3.88. The molecule has 4 rings (SSSR count). The normalized spacial score (nSPS) is 13.4. The fourth-order valence-corrected chi connectivity index (χ4v) is 6.31. The lowest BCUT2D eigenvalue weighted by Gasteiger charge is -2.14. The minimum Gasteiger partial charge on any atom is -0.462 e. The number of carbonyl (C=O) groups is 3. The van der Waals surface area contributed by atoms with E-state index in [1.54, 1.807) is 19.1 Å². The van der Waals surface area contributed by atoms with Crippen molar-refractivity contribution >= 4 is 51.6 Å². The van der Waals surface area contributed by atoms with Crippen LogP contribution in [0.15, 0.2) is 53.4 Å². The highest BCUT2D eigenvalue weighted by molar-refractivity contribution is 8.00. The highest BCUT2D eigenvalue weighted by Crippen LogP contribution is 2.39. The maximum absolute atomic E-state index is 13.1. The number of hydrogen-bond acceptors (Lipinski definition) is 6. The van der Waals surface area contributed by atoms with E-state index < -0.39 is 5.25 Å². The van der Waals surface area contributed by atoms with E-state index in [1.807, 2.05) is 50.2 Å². The van der Waals surface area contributed by atoms with Gasteiger partial charge in [0.1, 0.15) is 5.00 Å². The maximum atomic E-state index is 13.1. The Morgan fingerprint density at radius 3 is 2.56 bits per heavy atom. The number of thioether (sulfide) groups is 1. The van der Waals surface area contributed by atoms with Crippen LogP contribution >= 0.6 is 23.1 Å². The van der Waals surface area contributed by atoms with Gasteiger partial charge in [-0.15, -0.1) is 23.1 Å². The largest absolute Gasteiger partial charge is 0.462 e. The van der Waals surface area contributed by atoms with Crippen molar-refractivity contribution in [1.29, 1.82) is 0 Å². The van der Waals surface area contributed by atoms with E-state index in [9.17, 15) is 14.4 Å². The van der Waals surface area contributed by atoms with Crippen molar-refractivity contribution in [3.05, 3.63) is 75.7 Å². The van der Waals surface area contributed by atoms with Gasteiger partial charge in [-0.2, -0.15) is 0 Å². The summed E-state index contributed by atoms with van der Waals surface area (Å²) in [6.45, 7) is 5.88. The number of carbonyl (C=O) groups excluding carboxylic acids is 3. The Bertz CT molecular complexity index is 1270. The zero-order valence-corrected chi connectivity index (χ0v) is 22.3. The van der Waals surface area contributed by atoms with E-state index in [0.717, 1.165) is 46.6 Å². The van der Waals surface area contributed by atoms with Crippen LogP contribution in [-0.4, -0.2) is 29.6 Å². The first kappa shape index (κ1) is 26.0. The summed E-state index contributed by atoms with van der Waals surface area (Å²) in [5.74, 6) is -0.737. The second-order valence-electron chi connectivity index (χ2n) is 8.73. The van der Waals surface area contributed by atoms with E-state index in [2.05, 4.69) is 10.6 Å². The first-order chi connectivity index (χ1) is 17.4. The maximum Gasteiger partial charge on any atom is 0.341 e. The second-order valence-corrected chi connectivity index (χ2v) is 11.3. The molecule has 3 aromatic rings. The molecule has 0 spiro atoms. The molecule has 1 unspecified atom stereocenters. The van der Waals surface area contributed by atoms with Gasteiger partial charge in [-0.3, -0.25) is 9.59 Å². The van der Waals surface area contributed by atoms with Crippen LogP contribution < -0.4 is 10.6 Å². The second kappa shape index (κ2) is 11.8. The Hall–Kier alpha value is -3.10. The molecule has 1 heterocycles. The first-order valence-electron chi connectivity index (χ1n) is 12.1. The van der Waals surface area contributed by atoms with Gasteiger partial charge in [-0.25, -0.2) is 4.79 Å². The molecular formula is C28H30N2O4S2. The Morgan fingerprint density at radius 2 is 1.81 bits per heavy atom. The molecule has 2 N–H and O–H groups in total. The molecule has 0 saturated carbocycles. The van der Waals surface area contributed by atoms with Gasteiger partial charge in [-0.1, -0.05) is 23.8 Å². The molecule has 0 fully saturated rings. The number of aryl methyl sites for hydroxylation is 2. The van der Waals surface area contributed by atoms with Crippen LogP contribution in [0.4, 0.5) is 10.7 Å². The molecule has 1 atom stereocenters. The first-order valence-corrected chi connectivity index (χ1v) is 13.8. The third-order valence-electron chi connectivity index (χ3n) is 5.98. The average Bonchev–Trinajstić information content (AvgIpc) is 3.22. The predicted molar refractivity (Wildman–Crippen MR) is 146 cm³/mol. The Kier molecular flexibility index (Phi) is 8.48. The Morgan fingerprint density at radius 1 is 1.06 bits per heavy atom. The minimum absolute atomic E-state index is 0.182. The summed E-state index contributed by atoms with van der Waals surface area (Å²) >= 11 is 2.88. The van der Waals surface area contributed by atoms with Crippen molar-refractivity contribution in [2.75, 3.05) is 17.2 Å². The fourth-order valence-electron chi connectivity index (χ4n) is 4.10. The third kappa shape index (κ3) is 6.17. The van der Waals surface area contributed by atoms with Crippen molar-refractivity contribution < 1.29 is 19.1 Å². The highest BCUT2D eigenvalue weighted by Gasteiger charge is 2.28.